The predicted molar refractivity (Wildman–Crippen MR) is 68.4 cm³/mol. The largest absolute Gasteiger partial charge is 0.349 e. The third kappa shape index (κ3) is 3.29. The molecule has 5 heteroatoms. The molecule has 0 radical (unpaired) electrons. The number of rotatable bonds is 5. The molecule has 19 heavy (non-hydrogen) atoms. The van der Waals surface area contributed by atoms with Crippen LogP contribution in [0.5, 0.6) is 0 Å². The number of hydrogen-bond acceptors (Lipinski definition) is 2. The second-order valence-electron chi connectivity index (χ2n) is 5.37. The summed E-state index contributed by atoms with van der Waals surface area (Å²) in [6.07, 6.45) is 2.16. The molecule has 3 nitrogen and oxygen atoms in total. The van der Waals surface area contributed by atoms with Gasteiger partial charge in [-0.3, -0.25) is 4.79 Å². The number of nitrogens with two attached hydrogens (primary N) is 1. The minimum Gasteiger partial charge on any atom is -0.349 e. The van der Waals surface area contributed by atoms with E-state index < -0.39 is 17.2 Å². The average Bonchev–Trinajstić information content (AvgIpc) is 3.18. The molecule has 2 rings (SSSR count). The molecule has 1 atom stereocenters. The van der Waals surface area contributed by atoms with Crippen molar-refractivity contribution in [2.75, 3.05) is 6.54 Å². The zero-order chi connectivity index (χ0) is 14.0. The molecule has 104 valence electrons. The molecule has 1 aliphatic carbocycles. The van der Waals surface area contributed by atoms with E-state index >= 15 is 0 Å². The summed E-state index contributed by atoms with van der Waals surface area (Å²) < 4.78 is 25.8. The van der Waals surface area contributed by atoms with E-state index in [1.165, 1.54) is 6.07 Å². The smallest absolute Gasteiger partial charge is 0.224 e. The molecule has 0 aromatic heterocycles. The van der Waals surface area contributed by atoms with E-state index in [1.807, 2.05) is 6.92 Å². The van der Waals surface area contributed by atoms with Gasteiger partial charge in [0.05, 0.1) is 12.0 Å². The standard InChI is InChI=1S/C14H18F2N2O/c1-14(8-17,10-3-4-10)18-13(19)7-9-2-5-11(15)12(16)6-9/h2,5-6,10H,3-4,7-8,17H2,1H3,(H,18,19). The zero-order valence-corrected chi connectivity index (χ0v) is 10.9. The molecule has 1 fully saturated rings. The Morgan fingerprint density at radius 2 is 2.11 bits per heavy atom. The normalized spacial score (nSPS) is 17.9. The lowest BCUT2D eigenvalue weighted by Crippen LogP contribution is -2.53. The summed E-state index contributed by atoms with van der Waals surface area (Å²) in [7, 11) is 0. The number of hydrogen-bond donors (Lipinski definition) is 2. The van der Waals surface area contributed by atoms with Crippen LogP contribution in [0.3, 0.4) is 0 Å². The van der Waals surface area contributed by atoms with Crippen molar-refractivity contribution in [2.45, 2.75) is 31.7 Å². The minimum absolute atomic E-state index is 0.0273. The first-order chi connectivity index (χ1) is 8.94. The molecule has 0 bridgehead atoms. The van der Waals surface area contributed by atoms with Crippen molar-refractivity contribution in [3.63, 3.8) is 0 Å². The molecule has 0 saturated heterocycles. The highest BCUT2D eigenvalue weighted by Crippen LogP contribution is 2.38. The van der Waals surface area contributed by atoms with E-state index in [0.29, 0.717) is 18.0 Å². The van der Waals surface area contributed by atoms with Crippen LogP contribution in [0, 0.1) is 17.6 Å². The van der Waals surface area contributed by atoms with Gasteiger partial charge in [0.25, 0.3) is 0 Å². The summed E-state index contributed by atoms with van der Waals surface area (Å²) in [6, 6.07) is 3.49. The fraction of sp³-hybridized carbons (Fsp3) is 0.500. The van der Waals surface area contributed by atoms with Crippen molar-refractivity contribution < 1.29 is 13.6 Å². The van der Waals surface area contributed by atoms with Crippen LogP contribution in [0.2, 0.25) is 0 Å². The number of nitrogens with one attached hydrogen (secondary N) is 1. The Morgan fingerprint density at radius 3 is 2.63 bits per heavy atom. The molecule has 1 amide bonds. The molecule has 1 aromatic rings. The number of benzene rings is 1. The van der Waals surface area contributed by atoms with E-state index in [4.69, 9.17) is 5.73 Å². The van der Waals surface area contributed by atoms with Crippen molar-refractivity contribution in [1.29, 1.82) is 0 Å². The van der Waals surface area contributed by atoms with Crippen LogP contribution in [-0.4, -0.2) is 18.0 Å². The second-order valence-corrected chi connectivity index (χ2v) is 5.37. The highest BCUT2D eigenvalue weighted by atomic mass is 19.2. The van der Waals surface area contributed by atoms with Gasteiger partial charge in [0.15, 0.2) is 11.6 Å². The predicted octanol–water partition coefficient (Wildman–Crippen LogP) is 1.75. The van der Waals surface area contributed by atoms with Crippen LogP contribution in [0.4, 0.5) is 8.78 Å². The number of carbonyl (C=O) groups is 1. The van der Waals surface area contributed by atoms with Crippen molar-refractivity contribution in [3.8, 4) is 0 Å². The van der Waals surface area contributed by atoms with Gasteiger partial charge in [-0.15, -0.1) is 0 Å². The summed E-state index contributed by atoms with van der Waals surface area (Å²) in [5, 5.41) is 2.91. The number of carbonyl (C=O) groups excluding carboxylic acids is 1. The van der Waals surface area contributed by atoms with Gasteiger partial charge < -0.3 is 11.1 Å². The molecule has 0 heterocycles. The van der Waals surface area contributed by atoms with Crippen molar-refractivity contribution in [1.82, 2.24) is 5.32 Å². The first kappa shape index (κ1) is 13.9. The Morgan fingerprint density at radius 1 is 1.42 bits per heavy atom. The highest BCUT2D eigenvalue weighted by molar-refractivity contribution is 5.79. The SMILES string of the molecule is CC(CN)(NC(=O)Cc1ccc(F)c(F)c1)C1CC1. The average molecular weight is 268 g/mol. The van der Waals surface area contributed by atoms with Crippen molar-refractivity contribution >= 4 is 5.91 Å². The summed E-state index contributed by atoms with van der Waals surface area (Å²) in [5.74, 6) is -1.64. The summed E-state index contributed by atoms with van der Waals surface area (Å²) >= 11 is 0. The first-order valence-electron chi connectivity index (χ1n) is 6.39. The van der Waals surface area contributed by atoms with E-state index in [-0.39, 0.29) is 12.3 Å². The van der Waals surface area contributed by atoms with Crippen molar-refractivity contribution in [3.05, 3.63) is 35.4 Å². The third-order valence-corrected chi connectivity index (χ3v) is 3.68. The zero-order valence-electron chi connectivity index (χ0n) is 10.9. The van der Waals surface area contributed by atoms with Gasteiger partial charge >= 0.3 is 0 Å². The minimum atomic E-state index is -0.936. The Labute approximate surface area is 111 Å². The lowest BCUT2D eigenvalue weighted by molar-refractivity contribution is -0.122. The van der Waals surface area contributed by atoms with Gasteiger partial charge in [-0.1, -0.05) is 6.07 Å². The van der Waals surface area contributed by atoms with Crippen molar-refractivity contribution in [2.24, 2.45) is 11.7 Å². The topological polar surface area (TPSA) is 55.1 Å². The first-order valence-corrected chi connectivity index (χ1v) is 6.39. The van der Waals surface area contributed by atoms with Gasteiger partial charge in [0, 0.05) is 6.54 Å². The molecule has 1 aromatic carbocycles. The summed E-state index contributed by atoms with van der Waals surface area (Å²) in [6.45, 7) is 2.30. The van der Waals surface area contributed by atoms with Gasteiger partial charge in [0.2, 0.25) is 5.91 Å². The molecular formula is C14H18F2N2O. The fourth-order valence-corrected chi connectivity index (χ4v) is 2.24. The van der Waals surface area contributed by atoms with Crippen LogP contribution < -0.4 is 11.1 Å². The Hall–Kier alpha value is -1.49. The Kier molecular flexibility index (Phi) is 3.85. The van der Waals surface area contributed by atoms with Gasteiger partial charge in [-0.05, 0) is 43.4 Å². The lowest BCUT2D eigenvalue weighted by atomic mass is 9.95. The van der Waals surface area contributed by atoms with Gasteiger partial charge in [0.1, 0.15) is 0 Å². The van der Waals surface area contributed by atoms with Crippen LogP contribution in [-0.2, 0) is 11.2 Å². The van der Waals surface area contributed by atoms with E-state index in [9.17, 15) is 13.6 Å². The van der Waals surface area contributed by atoms with Crippen LogP contribution in [0.1, 0.15) is 25.3 Å². The maximum Gasteiger partial charge on any atom is 0.224 e. The second kappa shape index (κ2) is 5.25. The van der Waals surface area contributed by atoms with Gasteiger partial charge in [-0.2, -0.15) is 0 Å². The molecule has 0 aliphatic heterocycles. The Bertz CT molecular complexity index is 488. The van der Waals surface area contributed by atoms with Crippen LogP contribution in [0.25, 0.3) is 0 Å². The van der Waals surface area contributed by atoms with Gasteiger partial charge in [-0.25, -0.2) is 8.78 Å². The van der Waals surface area contributed by atoms with E-state index in [1.54, 1.807) is 0 Å². The molecular weight excluding hydrogens is 250 g/mol. The maximum absolute atomic E-state index is 13.0. The number of amides is 1. The van der Waals surface area contributed by atoms with E-state index in [2.05, 4.69) is 5.32 Å². The molecule has 1 unspecified atom stereocenters. The molecule has 1 saturated carbocycles. The fourth-order valence-electron chi connectivity index (χ4n) is 2.24. The van der Waals surface area contributed by atoms with E-state index in [0.717, 1.165) is 25.0 Å². The number of halogens is 2. The maximum atomic E-state index is 13.0. The highest BCUT2D eigenvalue weighted by Gasteiger charge is 2.41. The van der Waals surface area contributed by atoms with Crippen LogP contribution >= 0.6 is 0 Å². The third-order valence-electron chi connectivity index (χ3n) is 3.68. The summed E-state index contributed by atoms with van der Waals surface area (Å²) in [5.41, 5.74) is 5.77. The molecule has 1 aliphatic rings. The monoisotopic (exact) mass is 268 g/mol. The lowest BCUT2D eigenvalue weighted by Gasteiger charge is -2.29. The molecule has 0 spiro atoms. The Balaban J connectivity index is 1.98. The molecule has 3 N–H and O–H groups in total. The summed E-state index contributed by atoms with van der Waals surface area (Å²) in [4.78, 5) is 11.9. The van der Waals surface area contributed by atoms with Crippen LogP contribution in [0.15, 0.2) is 18.2 Å². The quantitative estimate of drug-likeness (QED) is 0.855.